The SMILES string of the molecule is CNS(=O)(=O)Cc1ccc(O)c(N)c1. The zero-order valence-corrected chi connectivity index (χ0v) is 8.50. The highest BCUT2D eigenvalue weighted by molar-refractivity contribution is 7.88. The van der Waals surface area contributed by atoms with Gasteiger partial charge in [0.25, 0.3) is 0 Å². The van der Waals surface area contributed by atoms with E-state index in [-0.39, 0.29) is 17.2 Å². The number of benzene rings is 1. The summed E-state index contributed by atoms with van der Waals surface area (Å²) in [6.07, 6.45) is 0. The number of anilines is 1. The molecule has 0 radical (unpaired) electrons. The van der Waals surface area contributed by atoms with Gasteiger partial charge in [0.2, 0.25) is 10.0 Å². The van der Waals surface area contributed by atoms with E-state index >= 15 is 0 Å². The number of hydrogen-bond acceptors (Lipinski definition) is 4. The van der Waals surface area contributed by atoms with Gasteiger partial charge in [-0.1, -0.05) is 6.07 Å². The Morgan fingerprint density at radius 3 is 2.64 bits per heavy atom. The van der Waals surface area contributed by atoms with E-state index < -0.39 is 10.0 Å². The van der Waals surface area contributed by atoms with Gasteiger partial charge in [0, 0.05) is 0 Å². The Bertz CT molecular complexity index is 428. The molecule has 0 atom stereocenters. The molecule has 1 rings (SSSR count). The molecule has 78 valence electrons. The van der Waals surface area contributed by atoms with Crippen molar-refractivity contribution in [3.05, 3.63) is 23.8 Å². The third-order valence-electron chi connectivity index (χ3n) is 1.76. The molecule has 0 bridgehead atoms. The minimum atomic E-state index is -3.29. The Morgan fingerprint density at radius 2 is 2.14 bits per heavy atom. The second kappa shape index (κ2) is 3.85. The van der Waals surface area contributed by atoms with Crippen LogP contribution in [-0.4, -0.2) is 20.6 Å². The molecule has 0 unspecified atom stereocenters. The molecule has 0 saturated heterocycles. The Kier molecular flexibility index (Phi) is 2.97. The van der Waals surface area contributed by atoms with E-state index in [1.54, 1.807) is 0 Å². The molecule has 14 heavy (non-hydrogen) atoms. The van der Waals surface area contributed by atoms with Gasteiger partial charge in [-0.05, 0) is 24.7 Å². The van der Waals surface area contributed by atoms with Crippen molar-refractivity contribution < 1.29 is 13.5 Å². The maximum absolute atomic E-state index is 11.2. The molecule has 0 amide bonds. The van der Waals surface area contributed by atoms with Gasteiger partial charge in [-0.25, -0.2) is 13.1 Å². The standard InChI is InChI=1S/C8H12N2O3S/c1-10-14(12,13)5-6-2-3-8(11)7(9)4-6/h2-4,10-11H,5,9H2,1H3. The van der Waals surface area contributed by atoms with Crippen LogP contribution in [0, 0.1) is 0 Å². The van der Waals surface area contributed by atoms with Gasteiger partial charge in [-0.2, -0.15) is 0 Å². The van der Waals surface area contributed by atoms with E-state index in [1.807, 2.05) is 0 Å². The molecular weight excluding hydrogens is 204 g/mol. The van der Waals surface area contributed by atoms with E-state index in [9.17, 15) is 8.42 Å². The zero-order valence-electron chi connectivity index (χ0n) is 7.69. The second-order valence-electron chi connectivity index (χ2n) is 2.86. The summed E-state index contributed by atoms with van der Waals surface area (Å²) in [4.78, 5) is 0. The van der Waals surface area contributed by atoms with Crippen LogP contribution in [0.4, 0.5) is 5.69 Å². The number of nitrogens with two attached hydrogens (primary N) is 1. The average molecular weight is 216 g/mol. The first-order valence-electron chi connectivity index (χ1n) is 3.93. The topological polar surface area (TPSA) is 92.4 Å². The van der Waals surface area contributed by atoms with Crippen molar-refractivity contribution >= 4 is 15.7 Å². The fourth-order valence-electron chi connectivity index (χ4n) is 0.985. The Morgan fingerprint density at radius 1 is 1.50 bits per heavy atom. The molecule has 1 aromatic carbocycles. The molecule has 5 nitrogen and oxygen atoms in total. The van der Waals surface area contributed by atoms with Crippen LogP contribution in [0.1, 0.15) is 5.56 Å². The van der Waals surface area contributed by atoms with Crippen LogP contribution < -0.4 is 10.5 Å². The summed E-state index contributed by atoms with van der Waals surface area (Å²) < 4.78 is 24.5. The number of sulfonamides is 1. The third-order valence-corrected chi connectivity index (χ3v) is 3.10. The summed E-state index contributed by atoms with van der Waals surface area (Å²) >= 11 is 0. The number of nitrogen functional groups attached to an aromatic ring is 1. The lowest BCUT2D eigenvalue weighted by Crippen LogP contribution is -2.20. The minimum Gasteiger partial charge on any atom is -0.506 e. The first-order valence-corrected chi connectivity index (χ1v) is 5.58. The lowest BCUT2D eigenvalue weighted by molar-refractivity contribution is 0.478. The molecule has 0 saturated carbocycles. The van der Waals surface area contributed by atoms with Gasteiger partial charge in [0.05, 0.1) is 11.4 Å². The van der Waals surface area contributed by atoms with Crippen LogP contribution in [0.15, 0.2) is 18.2 Å². The highest BCUT2D eigenvalue weighted by Crippen LogP contribution is 2.21. The average Bonchev–Trinajstić information content (AvgIpc) is 2.11. The maximum Gasteiger partial charge on any atom is 0.215 e. The van der Waals surface area contributed by atoms with Crippen LogP contribution in [0.2, 0.25) is 0 Å². The Hall–Kier alpha value is -1.27. The molecule has 4 N–H and O–H groups in total. The molecule has 0 spiro atoms. The summed E-state index contributed by atoms with van der Waals surface area (Å²) in [6, 6.07) is 4.32. The van der Waals surface area contributed by atoms with Crippen LogP contribution in [-0.2, 0) is 15.8 Å². The van der Waals surface area contributed by atoms with E-state index in [4.69, 9.17) is 10.8 Å². The molecule has 0 fully saturated rings. The fraction of sp³-hybridized carbons (Fsp3) is 0.250. The quantitative estimate of drug-likeness (QED) is 0.490. The number of aromatic hydroxyl groups is 1. The molecule has 6 heteroatoms. The summed E-state index contributed by atoms with van der Waals surface area (Å²) in [7, 11) is -1.94. The van der Waals surface area contributed by atoms with Gasteiger partial charge in [-0.15, -0.1) is 0 Å². The van der Waals surface area contributed by atoms with Gasteiger partial charge in [0.1, 0.15) is 5.75 Å². The van der Waals surface area contributed by atoms with Crippen LogP contribution in [0.25, 0.3) is 0 Å². The lowest BCUT2D eigenvalue weighted by atomic mass is 10.2. The summed E-state index contributed by atoms with van der Waals surface area (Å²) in [5.74, 6) is -0.191. The minimum absolute atomic E-state index is 0.0457. The molecule has 0 aliphatic carbocycles. The predicted octanol–water partition coefficient (Wildman–Crippen LogP) is 0.0236. The van der Waals surface area contributed by atoms with Crippen molar-refractivity contribution in [2.45, 2.75) is 5.75 Å². The fourth-order valence-corrected chi connectivity index (χ4v) is 1.75. The highest BCUT2D eigenvalue weighted by Gasteiger charge is 2.09. The van der Waals surface area contributed by atoms with Gasteiger partial charge in [0.15, 0.2) is 0 Å². The van der Waals surface area contributed by atoms with Gasteiger partial charge in [-0.3, -0.25) is 0 Å². The van der Waals surface area contributed by atoms with Crippen LogP contribution in [0.3, 0.4) is 0 Å². The molecule has 0 heterocycles. The van der Waals surface area contributed by atoms with E-state index in [0.717, 1.165) is 0 Å². The molecule has 0 aliphatic rings. The summed E-state index contributed by atoms with van der Waals surface area (Å²) in [6.45, 7) is 0. The lowest BCUT2D eigenvalue weighted by Gasteiger charge is -2.04. The highest BCUT2D eigenvalue weighted by atomic mass is 32.2. The Balaban J connectivity index is 2.94. The first-order chi connectivity index (χ1) is 6.44. The molecule has 0 aliphatic heterocycles. The second-order valence-corrected chi connectivity index (χ2v) is 4.78. The molecule has 0 aromatic heterocycles. The van der Waals surface area contributed by atoms with Crippen molar-refractivity contribution in [1.29, 1.82) is 0 Å². The predicted molar refractivity (Wildman–Crippen MR) is 54.2 cm³/mol. The van der Waals surface area contributed by atoms with Crippen LogP contribution >= 0.6 is 0 Å². The smallest absolute Gasteiger partial charge is 0.215 e. The molecular formula is C8H12N2O3S. The van der Waals surface area contributed by atoms with E-state index in [0.29, 0.717) is 5.56 Å². The van der Waals surface area contributed by atoms with Crippen molar-refractivity contribution in [3.8, 4) is 5.75 Å². The number of phenolic OH excluding ortho intramolecular Hbond substituents is 1. The van der Waals surface area contributed by atoms with E-state index in [2.05, 4.69) is 4.72 Å². The Labute approximate surface area is 82.6 Å². The van der Waals surface area contributed by atoms with Gasteiger partial charge >= 0.3 is 0 Å². The largest absolute Gasteiger partial charge is 0.506 e. The number of rotatable bonds is 3. The van der Waals surface area contributed by atoms with Crippen molar-refractivity contribution in [3.63, 3.8) is 0 Å². The number of hydrogen-bond donors (Lipinski definition) is 3. The van der Waals surface area contributed by atoms with Crippen molar-refractivity contribution in [2.24, 2.45) is 0 Å². The van der Waals surface area contributed by atoms with Crippen molar-refractivity contribution in [1.82, 2.24) is 4.72 Å². The number of phenols is 1. The third kappa shape index (κ3) is 2.61. The summed E-state index contributed by atoms with van der Waals surface area (Å²) in [5, 5.41) is 9.11. The zero-order chi connectivity index (χ0) is 10.8. The van der Waals surface area contributed by atoms with Gasteiger partial charge < -0.3 is 10.8 Å². The molecule has 1 aromatic rings. The monoisotopic (exact) mass is 216 g/mol. The maximum atomic E-state index is 11.2. The first kappa shape index (κ1) is 10.8. The van der Waals surface area contributed by atoms with E-state index in [1.165, 1.54) is 25.2 Å². The van der Waals surface area contributed by atoms with Crippen LogP contribution in [0.5, 0.6) is 5.75 Å². The number of nitrogens with one attached hydrogen (secondary N) is 1. The summed E-state index contributed by atoms with van der Waals surface area (Å²) in [5.41, 5.74) is 6.13. The normalized spacial score (nSPS) is 11.5. The van der Waals surface area contributed by atoms with Crippen molar-refractivity contribution in [2.75, 3.05) is 12.8 Å².